The number of amides is 1. The number of benzene rings is 1. The normalized spacial score (nSPS) is 12.2. The number of nitrogens with zero attached hydrogens (tertiary/aromatic N) is 2. The quantitative estimate of drug-likeness (QED) is 0.934. The van der Waals surface area contributed by atoms with Gasteiger partial charge in [0.25, 0.3) is 5.91 Å². The molecule has 2 aromatic rings. The summed E-state index contributed by atoms with van der Waals surface area (Å²) >= 11 is 5.87. The van der Waals surface area contributed by atoms with Crippen LogP contribution < -0.4 is 5.32 Å². The Balaban J connectivity index is 2.11. The highest BCUT2D eigenvalue weighted by atomic mass is 35.5. The summed E-state index contributed by atoms with van der Waals surface area (Å²) in [6.07, 6.45) is 4.07. The Kier molecular flexibility index (Phi) is 4.22. The second kappa shape index (κ2) is 5.89. The lowest BCUT2D eigenvalue weighted by Gasteiger charge is -2.17. The van der Waals surface area contributed by atoms with Crippen LogP contribution in [-0.2, 0) is 7.05 Å². The summed E-state index contributed by atoms with van der Waals surface area (Å²) in [5.74, 6) is -0.116. The molecule has 0 aliphatic carbocycles. The monoisotopic (exact) mass is 277 g/mol. The van der Waals surface area contributed by atoms with Crippen molar-refractivity contribution in [2.24, 2.45) is 7.05 Å². The molecule has 1 aromatic carbocycles. The fourth-order valence-corrected chi connectivity index (χ4v) is 2.02. The molecule has 0 spiro atoms. The van der Waals surface area contributed by atoms with Crippen molar-refractivity contribution >= 4 is 17.5 Å². The summed E-state index contributed by atoms with van der Waals surface area (Å²) in [5, 5.41) is 7.68. The highest BCUT2D eigenvalue weighted by Gasteiger charge is 2.15. The summed E-state index contributed by atoms with van der Waals surface area (Å²) in [5.41, 5.74) is 1.61. The highest BCUT2D eigenvalue weighted by molar-refractivity contribution is 6.30. The minimum absolute atomic E-state index is 0.0232. The zero-order valence-electron chi connectivity index (χ0n) is 10.9. The van der Waals surface area contributed by atoms with Crippen LogP contribution in [0.1, 0.15) is 35.3 Å². The Hall–Kier alpha value is -1.81. The van der Waals surface area contributed by atoms with Gasteiger partial charge in [0, 0.05) is 18.3 Å². The minimum Gasteiger partial charge on any atom is -0.345 e. The number of aryl methyl sites for hydroxylation is 1. The number of rotatable bonds is 4. The Labute approximate surface area is 117 Å². The van der Waals surface area contributed by atoms with E-state index < -0.39 is 0 Å². The second-order valence-corrected chi connectivity index (χ2v) is 4.82. The molecule has 2 rings (SSSR count). The summed E-state index contributed by atoms with van der Waals surface area (Å²) in [4.78, 5) is 12.1. The number of carbonyl (C=O) groups excluding carboxylic acids is 1. The van der Waals surface area contributed by atoms with Gasteiger partial charge in [-0.15, -0.1) is 0 Å². The molecular weight excluding hydrogens is 262 g/mol. The van der Waals surface area contributed by atoms with Crippen LogP contribution in [0, 0.1) is 0 Å². The Morgan fingerprint density at radius 3 is 2.63 bits per heavy atom. The first-order valence-electron chi connectivity index (χ1n) is 6.15. The maximum absolute atomic E-state index is 12.1. The van der Waals surface area contributed by atoms with Gasteiger partial charge in [-0.2, -0.15) is 5.10 Å². The standard InChI is InChI=1S/C14H16ClN3O/c1-3-13(10-4-6-12(15)7-5-10)17-14(19)11-8-16-18(2)9-11/h4-9,13H,3H2,1-2H3,(H,17,19). The van der Waals surface area contributed by atoms with E-state index in [0.29, 0.717) is 10.6 Å². The average molecular weight is 278 g/mol. The predicted octanol–water partition coefficient (Wildman–Crippen LogP) is 2.95. The lowest BCUT2D eigenvalue weighted by molar-refractivity contribution is 0.0935. The molecule has 0 aliphatic rings. The van der Waals surface area contributed by atoms with E-state index >= 15 is 0 Å². The molecule has 0 radical (unpaired) electrons. The molecule has 0 bridgehead atoms. The van der Waals surface area contributed by atoms with E-state index in [2.05, 4.69) is 10.4 Å². The smallest absolute Gasteiger partial charge is 0.254 e. The molecule has 19 heavy (non-hydrogen) atoms. The van der Waals surface area contributed by atoms with Gasteiger partial charge in [-0.3, -0.25) is 9.48 Å². The van der Waals surface area contributed by atoms with Crippen molar-refractivity contribution in [2.75, 3.05) is 0 Å². The molecular formula is C14H16ClN3O. The van der Waals surface area contributed by atoms with Crippen LogP contribution in [-0.4, -0.2) is 15.7 Å². The molecule has 1 aromatic heterocycles. The summed E-state index contributed by atoms with van der Waals surface area (Å²) in [6.45, 7) is 2.03. The van der Waals surface area contributed by atoms with Crippen molar-refractivity contribution in [1.29, 1.82) is 0 Å². The fourth-order valence-electron chi connectivity index (χ4n) is 1.90. The maximum atomic E-state index is 12.1. The van der Waals surface area contributed by atoms with E-state index in [0.717, 1.165) is 12.0 Å². The topological polar surface area (TPSA) is 46.9 Å². The first-order valence-corrected chi connectivity index (χ1v) is 6.53. The van der Waals surface area contributed by atoms with Gasteiger partial charge in [0.15, 0.2) is 0 Å². The van der Waals surface area contributed by atoms with Crippen molar-refractivity contribution in [3.8, 4) is 0 Å². The summed E-state index contributed by atoms with van der Waals surface area (Å²) < 4.78 is 1.61. The van der Waals surface area contributed by atoms with Crippen molar-refractivity contribution in [3.05, 3.63) is 52.8 Å². The van der Waals surface area contributed by atoms with Gasteiger partial charge in [0.05, 0.1) is 17.8 Å². The molecule has 0 aliphatic heterocycles. The molecule has 0 fully saturated rings. The van der Waals surface area contributed by atoms with Crippen LogP contribution >= 0.6 is 11.6 Å². The first-order chi connectivity index (χ1) is 9.10. The van der Waals surface area contributed by atoms with E-state index in [4.69, 9.17) is 11.6 Å². The van der Waals surface area contributed by atoms with Crippen LogP contribution in [0.4, 0.5) is 0 Å². The Bertz CT molecular complexity index is 562. The SMILES string of the molecule is CCC(NC(=O)c1cnn(C)c1)c1ccc(Cl)cc1. The summed E-state index contributed by atoms with van der Waals surface area (Å²) in [7, 11) is 1.78. The van der Waals surface area contributed by atoms with Gasteiger partial charge in [0.1, 0.15) is 0 Å². The van der Waals surface area contributed by atoms with E-state index in [1.165, 1.54) is 0 Å². The number of hydrogen-bond acceptors (Lipinski definition) is 2. The molecule has 100 valence electrons. The molecule has 0 saturated carbocycles. The fraction of sp³-hybridized carbons (Fsp3) is 0.286. The molecule has 5 heteroatoms. The van der Waals surface area contributed by atoms with E-state index in [-0.39, 0.29) is 11.9 Å². The van der Waals surface area contributed by atoms with Crippen molar-refractivity contribution in [2.45, 2.75) is 19.4 Å². The van der Waals surface area contributed by atoms with Crippen molar-refractivity contribution in [3.63, 3.8) is 0 Å². The van der Waals surface area contributed by atoms with E-state index in [1.807, 2.05) is 31.2 Å². The number of carbonyl (C=O) groups is 1. The number of nitrogens with one attached hydrogen (secondary N) is 1. The van der Waals surface area contributed by atoms with Gasteiger partial charge in [0.2, 0.25) is 0 Å². The third-order valence-electron chi connectivity index (χ3n) is 2.95. The third kappa shape index (κ3) is 3.35. The van der Waals surface area contributed by atoms with Crippen LogP contribution in [0.3, 0.4) is 0 Å². The molecule has 0 saturated heterocycles. The highest BCUT2D eigenvalue weighted by Crippen LogP contribution is 2.19. The van der Waals surface area contributed by atoms with E-state index in [9.17, 15) is 4.79 Å². The van der Waals surface area contributed by atoms with Gasteiger partial charge in [-0.25, -0.2) is 0 Å². The number of hydrogen-bond donors (Lipinski definition) is 1. The number of aromatic nitrogens is 2. The van der Waals surface area contributed by atoms with E-state index in [1.54, 1.807) is 24.1 Å². The molecule has 1 heterocycles. The van der Waals surface area contributed by atoms with Crippen molar-refractivity contribution < 1.29 is 4.79 Å². The zero-order chi connectivity index (χ0) is 13.8. The predicted molar refractivity (Wildman–Crippen MR) is 75.2 cm³/mol. The number of halogens is 1. The van der Waals surface area contributed by atoms with Gasteiger partial charge >= 0.3 is 0 Å². The lowest BCUT2D eigenvalue weighted by atomic mass is 10.0. The third-order valence-corrected chi connectivity index (χ3v) is 3.20. The molecule has 1 unspecified atom stereocenters. The Morgan fingerprint density at radius 2 is 2.11 bits per heavy atom. The molecule has 1 atom stereocenters. The summed E-state index contributed by atoms with van der Waals surface area (Å²) in [6, 6.07) is 7.50. The van der Waals surface area contributed by atoms with Gasteiger partial charge in [-0.05, 0) is 24.1 Å². The first kappa shape index (κ1) is 13.6. The zero-order valence-corrected chi connectivity index (χ0v) is 11.7. The molecule has 1 amide bonds. The van der Waals surface area contributed by atoms with Crippen molar-refractivity contribution in [1.82, 2.24) is 15.1 Å². The maximum Gasteiger partial charge on any atom is 0.254 e. The Morgan fingerprint density at radius 1 is 1.42 bits per heavy atom. The van der Waals surface area contributed by atoms with Gasteiger partial charge in [-0.1, -0.05) is 30.7 Å². The second-order valence-electron chi connectivity index (χ2n) is 4.39. The molecule has 4 nitrogen and oxygen atoms in total. The molecule has 1 N–H and O–H groups in total. The lowest BCUT2D eigenvalue weighted by Crippen LogP contribution is -2.27. The average Bonchev–Trinajstić information content (AvgIpc) is 2.84. The minimum atomic E-state index is -0.116. The van der Waals surface area contributed by atoms with Crippen LogP contribution in [0.25, 0.3) is 0 Å². The van der Waals surface area contributed by atoms with Crippen LogP contribution in [0.15, 0.2) is 36.7 Å². The van der Waals surface area contributed by atoms with Crippen LogP contribution in [0.2, 0.25) is 5.02 Å². The van der Waals surface area contributed by atoms with Crippen LogP contribution in [0.5, 0.6) is 0 Å². The largest absolute Gasteiger partial charge is 0.345 e. The van der Waals surface area contributed by atoms with Gasteiger partial charge < -0.3 is 5.32 Å².